The van der Waals surface area contributed by atoms with Crippen molar-refractivity contribution in [3.05, 3.63) is 89.9 Å². The lowest BCUT2D eigenvalue weighted by atomic mass is 9.89. The van der Waals surface area contributed by atoms with E-state index in [1.54, 1.807) is 12.4 Å². The first-order valence-electron chi connectivity index (χ1n) is 12.9. The maximum absolute atomic E-state index is 13.3. The average Bonchev–Trinajstić information content (AvgIpc) is 2.95. The van der Waals surface area contributed by atoms with E-state index in [4.69, 9.17) is 15.1 Å². The number of fused-ring (bicyclic) bond motifs is 1. The third-order valence-electron chi connectivity index (χ3n) is 7.03. The second-order valence-corrected chi connectivity index (χ2v) is 9.54. The molecule has 7 nitrogen and oxygen atoms in total. The van der Waals surface area contributed by atoms with Crippen LogP contribution < -0.4 is 0 Å². The average molecular weight is 495 g/mol. The first kappa shape index (κ1) is 24.6. The molecule has 0 bridgehead atoms. The number of hydrogen-bond acceptors (Lipinski definition) is 5. The quantitative estimate of drug-likeness (QED) is 0.325. The summed E-state index contributed by atoms with van der Waals surface area (Å²) in [6.45, 7) is 1.47. The monoisotopic (exact) mass is 494 g/mol. The molecule has 5 rings (SSSR count). The normalized spacial score (nSPS) is 14.1. The fourth-order valence-electron chi connectivity index (χ4n) is 5.02. The number of amides is 1. The van der Waals surface area contributed by atoms with Crippen LogP contribution in [-0.2, 0) is 11.2 Å². The third kappa shape index (κ3) is 5.82. The van der Waals surface area contributed by atoms with E-state index in [2.05, 4.69) is 29.2 Å². The number of benzene rings is 2. The SMILES string of the molecule is O=C(O)CCCCc1nc2cc(C(=O)N3CCC(c4ccccc4)CC3)ccc2nc1-c1cccnc1. The van der Waals surface area contributed by atoms with Gasteiger partial charge in [0.1, 0.15) is 0 Å². The number of carbonyl (C=O) groups excluding carboxylic acids is 1. The van der Waals surface area contributed by atoms with Crippen LogP contribution in [0.5, 0.6) is 0 Å². The number of piperidine rings is 1. The summed E-state index contributed by atoms with van der Waals surface area (Å²) < 4.78 is 0. The van der Waals surface area contributed by atoms with E-state index >= 15 is 0 Å². The van der Waals surface area contributed by atoms with Crippen molar-refractivity contribution < 1.29 is 14.7 Å². The van der Waals surface area contributed by atoms with E-state index < -0.39 is 5.97 Å². The Morgan fingerprint density at radius 3 is 2.46 bits per heavy atom. The lowest BCUT2D eigenvalue weighted by Crippen LogP contribution is -2.37. The van der Waals surface area contributed by atoms with Gasteiger partial charge in [-0.3, -0.25) is 14.6 Å². The van der Waals surface area contributed by atoms with Crippen molar-refractivity contribution >= 4 is 22.9 Å². The zero-order valence-electron chi connectivity index (χ0n) is 20.7. The van der Waals surface area contributed by atoms with Crippen LogP contribution >= 0.6 is 0 Å². The molecule has 1 amide bonds. The number of likely N-dealkylation sites (tertiary alicyclic amines) is 1. The summed E-state index contributed by atoms with van der Waals surface area (Å²) in [5.41, 5.74) is 5.75. The topological polar surface area (TPSA) is 96.3 Å². The van der Waals surface area contributed by atoms with E-state index in [1.165, 1.54) is 5.56 Å². The summed E-state index contributed by atoms with van der Waals surface area (Å²) >= 11 is 0. The second-order valence-electron chi connectivity index (χ2n) is 9.54. The molecule has 0 radical (unpaired) electrons. The number of hydrogen-bond donors (Lipinski definition) is 1. The van der Waals surface area contributed by atoms with Crippen molar-refractivity contribution in [3.63, 3.8) is 0 Å². The van der Waals surface area contributed by atoms with Crippen LogP contribution in [-0.4, -0.2) is 49.9 Å². The molecule has 1 aliphatic rings. The Morgan fingerprint density at radius 1 is 0.919 bits per heavy atom. The molecule has 0 aliphatic carbocycles. The van der Waals surface area contributed by atoms with Gasteiger partial charge in [-0.25, -0.2) is 9.97 Å². The number of rotatable bonds is 8. The van der Waals surface area contributed by atoms with E-state index in [1.807, 2.05) is 41.3 Å². The highest BCUT2D eigenvalue weighted by Gasteiger charge is 2.25. The van der Waals surface area contributed by atoms with Gasteiger partial charge in [0.05, 0.1) is 22.4 Å². The molecule has 37 heavy (non-hydrogen) atoms. The van der Waals surface area contributed by atoms with E-state index in [0.717, 1.165) is 42.9 Å². The molecule has 0 spiro atoms. The molecule has 188 valence electrons. The summed E-state index contributed by atoms with van der Waals surface area (Å²) in [6.07, 6.45) is 7.37. The zero-order valence-corrected chi connectivity index (χ0v) is 20.7. The maximum atomic E-state index is 13.3. The molecule has 0 unspecified atom stereocenters. The summed E-state index contributed by atoms with van der Waals surface area (Å²) in [5.74, 6) is -0.287. The van der Waals surface area contributed by atoms with Crippen LogP contribution in [0.3, 0.4) is 0 Å². The number of pyridine rings is 1. The molecule has 2 aromatic carbocycles. The van der Waals surface area contributed by atoms with Gasteiger partial charge in [-0.1, -0.05) is 30.3 Å². The minimum absolute atomic E-state index is 0.0227. The summed E-state index contributed by atoms with van der Waals surface area (Å²) in [4.78, 5) is 40.2. The molecule has 3 heterocycles. The predicted octanol–water partition coefficient (Wildman–Crippen LogP) is 5.51. The smallest absolute Gasteiger partial charge is 0.303 e. The minimum atomic E-state index is -0.798. The highest BCUT2D eigenvalue weighted by atomic mass is 16.4. The number of aryl methyl sites for hydroxylation is 1. The molecule has 1 aliphatic heterocycles. The van der Waals surface area contributed by atoms with Gasteiger partial charge in [0.15, 0.2) is 0 Å². The van der Waals surface area contributed by atoms with Gasteiger partial charge in [-0.2, -0.15) is 0 Å². The van der Waals surface area contributed by atoms with E-state index in [9.17, 15) is 9.59 Å². The standard InChI is InChI=1S/C30H30N4O3/c35-28(36)11-5-4-10-26-29(24-9-6-16-31-20-24)33-25-13-12-23(19-27(25)32-26)30(37)34-17-14-22(15-18-34)21-7-2-1-3-8-21/h1-3,6-9,12-13,16,19-20,22H,4-5,10-11,14-15,17-18H2,(H,35,36). The molecule has 1 N–H and O–H groups in total. The molecule has 1 fully saturated rings. The Bertz CT molecular complexity index is 1380. The van der Waals surface area contributed by atoms with Gasteiger partial charge in [0.25, 0.3) is 5.91 Å². The number of carboxylic acids is 1. The number of carbonyl (C=O) groups is 2. The van der Waals surface area contributed by atoms with Crippen LogP contribution in [0, 0.1) is 0 Å². The van der Waals surface area contributed by atoms with Crippen LogP contribution in [0.25, 0.3) is 22.3 Å². The van der Waals surface area contributed by atoms with Crippen LogP contribution in [0.1, 0.15) is 59.6 Å². The van der Waals surface area contributed by atoms with Gasteiger partial charge in [0, 0.05) is 43.0 Å². The lowest BCUT2D eigenvalue weighted by molar-refractivity contribution is -0.137. The van der Waals surface area contributed by atoms with Gasteiger partial charge < -0.3 is 10.0 Å². The molecule has 7 heteroatoms. The third-order valence-corrected chi connectivity index (χ3v) is 7.03. The Kier molecular flexibility index (Phi) is 7.49. The Hall–Kier alpha value is -4.13. The van der Waals surface area contributed by atoms with Crippen molar-refractivity contribution in [1.29, 1.82) is 0 Å². The number of unbranched alkanes of at least 4 members (excludes halogenated alkanes) is 1. The number of nitrogens with zero attached hydrogens (tertiary/aromatic N) is 4. The molecule has 0 saturated carbocycles. The molecule has 1 saturated heterocycles. The minimum Gasteiger partial charge on any atom is -0.481 e. The largest absolute Gasteiger partial charge is 0.481 e. The molecular formula is C30H30N4O3. The fraction of sp³-hybridized carbons (Fsp3) is 0.300. The van der Waals surface area contributed by atoms with E-state index in [-0.39, 0.29) is 12.3 Å². The van der Waals surface area contributed by atoms with Gasteiger partial charge in [-0.15, -0.1) is 0 Å². The lowest BCUT2D eigenvalue weighted by Gasteiger charge is -2.32. The highest BCUT2D eigenvalue weighted by molar-refractivity contribution is 5.97. The molecule has 4 aromatic rings. The van der Waals surface area contributed by atoms with Crippen LogP contribution in [0.2, 0.25) is 0 Å². The van der Waals surface area contributed by atoms with Crippen molar-refractivity contribution in [1.82, 2.24) is 19.9 Å². The molecule has 2 aromatic heterocycles. The van der Waals surface area contributed by atoms with Crippen molar-refractivity contribution in [3.8, 4) is 11.3 Å². The van der Waals surface area contributed by atoms with E-state index in [0.29, 0.717) is 41.8 Å². The number of carboxylic acid groups (broad SMARTS) is 1. The zero-order chi connectivity index (χ0) is 25.6. The maximum Gasteiger partial charge on any atom is 0.303 e. The van der Waals surface area contributed by atoms with Gasteiger partial charge in [0.2, 0.25) is 0 Å². The first-order valence-corrected chi connectivity index (χ1v) is 12.9. The summed E-state index contributed by atoms with van der Waals surface area (Å²) in [6, 6.07) is 19.9. The van der Waals surface area contributed by atoms with Gasteiger partial charge >= 0.3 is 5.97 Å². The Morgan fingerprint density at radius 2 is 1.73 bits per heavy atom. The number of aliphatic carboxylic acids is 1. The first-order chi connectivity index (χ1) is 18.1. The summed E-state index contributed by atoms with van der Waals surface area (Å²) in [5, 5.41) is 8.97. The van der Waals surface area contributed by atoms with Crippen molar-refractivity contribution in [2.24, 2.45) is 0 Å². The summed E-state index contributed by atoms with van der Waals surface area (Å²) in [7, 11) is 0. The number of aromatic nitrogens is 3. The Balaban J connectivity index is 1.36. The van der Waals surface area contributed by atoms with Gasteiger partial charge in [-0.05, 0) is 73.9 Å². The second kappa shape index (κ2) is 11.3. The molecule has 0 atom stereocenters. The van der Waals surface area contributed by atoms with Crippen molar-refractivity contribution in [2.75, 3.05) is 13.1 Å². The van der Waals surface area contributed by atoms with Crippen LogP contribution in [0.4, 0.5) is 0 Å². The highest BCUT2D eigenvalue weighted by Crippen LogP contribution is 2.29. The predicted molar refractivity (Wildman–Crippen MR) is 142 cm³/mol. The molecular weight excluding hydrogens is 464 g/mol. The van der Waals surface area contributed by atoms with Crippen LogP contribution in [0.15, 0.2) is 73.1 Å². The van der Waals surface area contributed by atoms with Crippen molar-refractivity contribution in [2.45, 2.75) is 44.4 Å². The Labute approximate surface area is 216 Å². The fourth-order valence-corrected chi connectivity index (χ4v) is 5.02.